The fraction of sp³-hybridized carbons (Fsp3) is 0.571. The molecule has 0 spiro atoms. The van der Waals surface area contributed by atoms with E-state index in [0.29, 0.717) is 17.5 Å². The van der Waals surface area contributed by atoms with Crippen molar-refractivity contribution < 1.29 is 8.42 Å². The minimum atomic E-state index is -3.36. The third-order valence-corrected chi connectivity index (χ3v) is 4.32. The van der Waals surface area contributed by atoms with Crippen molar-refractivity contribution in [3.05, 3.63) is 29.8 Å². The quantitative estimate of drug-likeness (QED) is 0.717. The summed E-state index contributed by atoms with van der Waals surface area (Å²) in [7, 11) is -3.36. The molecular formula is C14H24N2O2S. The van der Waals surface area contributed by atoms with Crippen LogP contribution in [-0.4, -0.2) is 27.5 Å². The molecule has 1 aromatic carbocycles. The van der Waals surface area contributed by atoms with Gasteiger partial charge in [0.15, 0.2) is 0 Å². The topological polar surface area (TPSA) is 58.2 Å². The van der Waals surface area contributed by atoms with Gasteiger partial charge in [0, 0.05) is 12.6 Å². The first kappa shape index (κ1) is 16.1. The minimum Gasteiger partial charge on any atom is -0.314 e. The molecule has 0 heterocycles. The molecule has 0 unspecified atom stereocenters. The number of rotatable bonds is 8. The molecule has 0 radical (unpaired) electrons. The van der Waals surface area contributed by atoms with Crippen LogP contribution in [0.25, 0.3) is 0 Å². The van der Waals surface area contributed by atoms with Gasteiger partial charge >= 0.3 is 0 Å². The third kappa shape index (κ3) is 5.72. The van der Waals surface area contributed by atoms with E-state index in [1.54, 1.807) is 12.1 Å². The van der Waals surface area contributed by atoms with E-state index in [1.807, 2.05) is 19.1 Å². The predicted molar refractivity (Wildman–Crippen MR) is 78.8 cm³/mol. The van der Waals surface area contributed by atoms with Gasteiger partial charge in [-0.25, -0.2) is 13.1 Å². The molecular weight excluding hydrogens is 260 g/mol. The highest BCUT2D eigenvalue weighted by Crippen LogP contribution is 2.10. The summed E-state index contributed by atoms with van der Waals surface area (Å²) >= 11 is 0. The smallest absolute Gasteiger partial charge is 0.240 e. The number of hydrogen-bond donors (Lipinski definition) is 2. The normalized spacial score (nSPS) is 12.0. The van der Waals surface area contributed by atoms with Crippen LogP contribution in [0, 0.1) is 0 Å². The second-order valence-corrected chi connectivity index (χ2v) is 6.62. The standard InChI is InChI=1S/C14H24N2O2S/c1-4-13-6-8-14(9-7-13)19(17,18)16-11-5-10-15-12(2)3/h6-9,12,15-16H,4-5,10-11H2,1-3H3. The van der Waals surface area contributed by atoms with Crippen LogP contribution in [-0.2, 0) is 16.4 Å². The summed E-state index contributed by atoms with van der Waals surface area (Å²) in [5.41, 5.74) is 1.14. The van der Waals surface area contributed by atoms with Crippen molar-refractivity contribution in [2.45, 2.75) is 44.6 Å². The number of benzene rings is 1. The Kier molecular flexibility index (Phi) is 6.48. The number of nitrogens with one attached hydrogen (secondary N) is 2. The Morgan fingerprint density at radius 2 is 1.74 bits per heavy atom. The van der Waals surface area contributed by atoms with Crippen molar-refractivity contribution >= 4 is 10.0 Å². The van der Waals surface area contributed by atoms with Gasteiger partial charge in [-0.1, -0.05) is 32.9 Å². The molecule has 108 valence electrons. The van der Waals surface area contributed by atoms with Gasteiger partial charge in [0.1, 0.15) is 0 Å². The molecule has 0 fully saturated rings. The SMILES string of the molecule is CCc1ccc(S(=O)(=O)NCCCNC(C)C)cc1. The molecule has 5 heteroatoms. The van der Waals surface area contributed by atoms with Crippen LogP contribution in [0.4, 0.5) is 0 Å². The van der Waals surface area contributed by atoms with E-state index in [4.69, 9.17) is 0 Å². The van der Waals surface area contributed by atoms with Crippen LogP contribution in [0.3, 0.4) is 0 Å². The summed E-state index contributed by atoms with van der Waals surface area (Å²) in [4.78, 5) is 0.335. The Morgan fingerprint density at radius 1 is 1.11 bits per heavy atom. The largest absolute Gasteiger partial charge is 0.314 e. The lowest BCUT2D eigenvalue weighted by Crippen LogP contribution is -2.29. The fourth-order valence-corrected chi connectivity index (χ4v) is 2.75. The third-order valence-electron chi connectivity index (χ3n) is 2.84. The second-order valence-electron chi connectivity index (χ2n) is 4.86. The first-order chi connectivity index (χ1) is 8.95. The van der Waals surface area contributed by atoms with Gasteiger partial charge in [-0.2, -0.15) is 0 Å². The zero-order valence-corrected chi connectivity index (χ0v) is 12.8. The number of hydrogen-bond acceptors (Lipinski definition) is 3. The lowest BCUT2D eigenvalue weighted by molar-refractivity contribution is 0.554. The van der Waals surface area contributed by atoms with Gasteiger partial charge in [0.05, 0.1) is 4.90 Å². The van der Waals surface area contributed by atoms with Crippen LogP contribution in [0.15, 0.2) is 29.2 Å². The average molecular weight is 284 g/mol. The number of sulfonamides is 1. The zero-order chi connectivity index (χ0) is 14.3. The van der Waals surface area contributed by atoms with Crippen LogP contribution < -0.4 is 10.0 Å². The van der Waals surface area contributed by atoms with Gasteiger partial charge in [-0.15, -0.1) is 0 Å². The number of aryl methyl sites for hydroxylation is 1. The van der Waals surface area contributed by atoms with Crippen molar-refractivity contribution in [2.75, 3.05) is 13.1 Å². The van der Waals surface area contributed by atoms with E-state index in [2.05, 4.69) is 23.9 Å². The van der Waals surface area contributed by atoms with Crippen LogP contribution in [0.2, 0.25) is 0 Å². The minimum absolute atomic E-state index is 0.335. The maximum atomic E-state index is 12.0. The molecule has 0 saturated heterocycles. The summed E-state index contributed by atoms with van der Waals surface area (Å²) in [5, 5.41) is 3.25. The first-order valence-corrected chi connectivity index (χ1v) is 8.26. The molecule has 0 aliphatic heterocycles. The molecule has 0 aromatic heterocycles. The van der Waals surface area contributed by atoms with E-state index in [1.165, 1.54) is 0 Å². The molecule has 2 N–H and O–H groups in total. The molecule has 0 aliphatic rings. The van der Waals surface area contributed by atoms with Gasteiger partial charge in [-0.3, -0.25) is 0 Å². The van der Waals surface area contributed by atoms with E-state index < -0.39 is 10.0 Å². The van der Waals surface area contributed by atoms with E-state index >= 15 is 0 Å². The Hall–Kier alpha value is -0.910. The fourth-order valence-electron chi connectivity index (χ4n) is 1.67. The van der Waals surface area contributed by atoms with E-state index in [9.17, 15) is 8.42 Å². The molecule has 4 nitrogen and oxygen atoms in total. The Labute approximate surface area is 116 Å². The Balaban J connectivity index is 2.46. The molecule has 0 saturated carbocycles. The van der Waals surface area contributed by atoms with Gasteiger partial charge < -0.3 is 5.32 Å². The lowest BCUT2D eigenvalue weighted by atomic mass is 10.2. The summed E-state index contributed by atoms with van der Waals surface area (Å²) in [5.74, 6) is 0. The van der Waals surface area contributed by atoms with E-state index in [-0.39, 0.29) is 0 Å². The van der Waals surface area contributed by atoms with Gasteiger partial charge in [0.25, 0.3) is 0 Å². The molecule has 1 aromatic rings. The highest BCUT2D eigenvalue weighted by Gasteiger charge is 2.12. The Bertz CT molecular complexity index is 467. The average Bonchev–Trinajstić information content (AvgIpc) is 2.38. The second kappa shape index (κ2) is 7.62. The summed E-state index contributed by atoms with van der Waals surface area (Å²) in [6.45, 7) is 7.45. The van der Waals surface area contributed by atoms with Gasteiger partial charge in [0.2, 0.25) is 10.0 Å². The van der Waals surface area contributed by atoms with Crippen molar-refractivity contribution in [1.29, 1.82) is 0 Å². The highest BCUT2D eigenvalue weighted by atomic mass is 32.2. The maximum Gasteiger partial charge on any atom is 0.240 e. The molecule has 0 amide bonds. The Morgan fingerprint density at radius 3 is 2.26 bits per heavy atom. The summed E-state index contributed by atoms with van der Waals surface area (Å²) < 4.78 is 26.6. The predicted octanol–water partition coefficient (Wildman–Crippen LogP) is 1.92. The van der Waals surface area contributed by atoms with Crippen LogP contribution in [0.5, 0.6) is 0 Å². The highest BCUT2D eigenvalue weighted by molar-refractivity contribution is 7.89. The maximum absolute atomic E-state index is 12.0. The molecule has 19 heavy (non-hydrogen) atoms. The van der Waals surface area contributed by atoms with E-state index in [0.717, 1.165) is 24.9 Å². The van der Waals surface area contributed by atoms with Crippen molar-refractivity contribution in [1.82, 2.24) is 10.0 Å². The molecule has 0 aliphatic carbocycles. The van der Waals surface area contributed by atoms with Crippen molar-refractivity contribution in [3.63, 3.8) is 0 Å². The molecule has 0 atom stereocenters. The van der Waals surface area contributed by atoms with Crippen LogP contribution in [0.1, 0.15) is 32.8 Å². The monoisotopic (exact) mass is 284 g/mol. The van der Waals surface area contributed by atoms with Crippen LogP contribution >= 0.6 is 0 Å². The van der Waals surface area contributed by atoms with Crippen molar-refractivity contribution in [3.8, 4) is 0 Å². The zero-order valence-electron chi connectivity index (χ0n) is 11.9. The van der Waals surface area contributed by atoms with Crippen molar-refractivity contribution in [2.24, 2.45) is 0 Å². The van der Waals surface area contributed by atoms with Gasteiger partial charge in [-0.05, 0) is 37.1 Å². The summed E-state index contributed by atoms with van der Waals surface area (Å²) in [6.07, 6.45) is 1.69. The molecule has 1 rings (SSSR count). The molecule has 0 bridgehead atoms. The first-order valence-electron chi connectivity index (χ1n) is 6.77. The lowest BCUT2D eigenvalue weighted by Gasteiger charge is -2.09. The summed E-state index contributed by atoms with van der Waals surface area (Å²) in [6, 6.07) is 7.46.